The van der Waals surface area contributed by atoms with Gasteiger partial charge in [0.15, 0.2) is 5.54 Å². The van der Waals surface area contributed by atoms with E-state index in [-0.39, 0.29) is 0 Å². The second kappa shape index (κ2) is 4.65. The highest BCUT2D eigenvalue weighted by Crippen LogP contribution is 2.28. The van der Waals surface area contributed by atoms with Crippen molar-refractivity contribution in [3.05, 3.63) is 35.9 Å². The van der Waals surface area contributed by atoms with E-state index in [1.165, 1.54) is 0 Å². The minimum Gasteiger partial charge on any atom is -0.381 e. The van der Waals surface area contributed by atoms with E-state index in [1.807, 2.05) is 30.3 Å². The van der Waals surface area contributed by atoms with Gasteiger partial charge in [-0.1, -0.05) is 30.3 Å². The van der Waals surface area contributed by atoms with Crippen LogP contribution < -0.4 is 5.32 Å². The Morgan fingerprint density at radius 1 is 1.44 bits per heavy atom. The molecule has 84 valence electrons. The molecule has 1 atom stereocenters. The standard InChI is InChI=1S/C13H16N2O/c1-16-10-13(9-14,15-12-7-8-12)11-5-3-2-4-6-11/h2-6,12,15H,7-8,10H2,1H3. The summed E-state index contributed by atoms with van der Waals surface area (Å²) in [5.41, 5.74) is 0.281. The van der Waals surface area contributed by atoms with E-state index in [0.29, 0.717) is 12.6 Å². The van der Waals surface area contributed by atoms with Gasteiger partial charge < -0.3 is 4.74 Å². The summed E-state index contributed by atoms with van der Waals surface area (Å²) in [6.07, 6.45) is 2.31. The molecule has 1 aliphatic carbocycles. The third-order valence-corrected chi connectivity index (χ3v) is 2.85. The van der Waals surface area contributed by atoms with Crippen LogP contribution in [0.3, 0.4) is 0 Å². The zero-order valence-corrected chi connectivity index (χ0v) is 9.44. The minimum absolute atomic E-state index is 0.379. The SMILES string of the molecule is COCC(C#N)(NC1CC1)c1ccccc1. The largest absolute Gasteiger partial charge is 0.381 e. The molecule has 0 aliphatic heterocycles. The van der Waals surface area contributed by atoms with Crippen molar-refractivity contribution in [2.45, 2.75) is 24.4 Å². The van der Waals surface area contributed by atoms with Crippen LogP contribution in [-0.2, 0) is 10.3 Å². The normalized spacial score (nSPS) is 18.8. The van der Waals surface area contributed by atoms with Crippen LogP contribution in [0.2, 0.25) is 0 Å². The van der Waals surface area contributed by atoms with E-state index < -0.39 is 5.54 Å². The van der Waals surface area contributed by atoms with Gasteiger partial charge >= 0.3 is 0 Å². The van der Waals surface area contributed by atoms with Crippen LogP contribution in [0.25, 0.3) is 0 Å². The first-order valence-corrected chi connectivity index (χ1v) is 5.54. The van der Waals surface area contributed by atoms with Gasteiger partial charge in [-0.25, -0.2) is 0 Å². The van der Waals surface area contributed by atoms with Crippen LogP contribution in [0.15, 0.2) is 30.3 Å². The van der Waals surface area contributed by atoms with E-state index in [2.05, 4.69) is 11.4 Å². The maximum atomic E-state index is 9.45. The summed E-state index contributed by atoms with van der Waals surface area (Å²) in [5.74, 6) is 0. The van der Waals surface area contributed by atoms with Crippen LogP contribution in [0.5, 0.6) is 0 Å². The molecule has 0 saturated heterocycles. The predicted molar refractivity (Wildman–Crippen MR) is 61.8 cm³/mol. The van der Waals surface area contributed by atoms with Gasteiger partial charge in [-0.05, 0) is 18.4 Å². The van der Waals surface area contributed by atoms with Crippen LogP contribution in [0.1, 0.15) is 18.4 Å². The van der Waals surface area contributed by atoms with Crippen LogP contribution in [0, 0.1) is 11.3 Å². The average Bonchev–Trinajstić information content (AvgIpc) is 3.13. The Labute approximate surface area is 96.0 Å². The summed E-state index contributed by atoms with van der Waals surface area (Å²) in [6, 6.07) is 12.6. The fraction of sp³-hybridized carbons (Fsp3) is 0.462. The molecular formula is C13H16N2O. The molecule has 1 aromatic carbocycles. The van der Waals surface area contributed by atoms with E-state index in [9.17, 15) is 5.26 Å². The molecule has 0 spiro atoms. The van der Waals surface area contributed by atoms with Crippen molar-refractivity contribution in [3.63, 3.8) is 0 Å². The molecule has 1 N–H and O–H groups in total. The summed E-state index contributed by atoms with van der Waals surface area (Å²) < 4.78 is 5.20. The Bertz CT molecular complexity index is 381. The maximum absolute atomic E-state index is 9.45. The van der Waals surface area contributed by atoms with Gasteiger partial charge in [-0.2, -0.15) is 5.26 Å². The number of methoxy groups -OCH3 is 1. The summed E-state index contributed by atoms with van der Waals surface area (Å²) in [5, 5.41) is 12.8. The molecule has 1 unspecified atom stereocenters. The van der Waals surface area contributed by atoms with Crippen molar-refractivity contribution < 1.29 is 4.74 Å². The first-order chi connectivity index (χ1) is 7.80. The van der Waals surface area contributed by atoms with Gasteiger partial charge in [0, 0.05) is 13.2 Å². The summed E-state index contributed by atoms with van der Waals surface area (Å²) >= 11 is 0. The molecule has 0 bridgehead atoms. The van der Waals surface area contributed by atoms with Crippen molar-refractivity contribution in [1.29, 1.82) is 5.26 Å². The van der Waals surface area contributed by atoms with E-state index in [1.54, 1.807) is 7.11 Å². The van der Waals surface area contributed by atoms with Crippen molar-refractivity contribution in [1.82, 2.24) is 5.32 Å². The fourth-order valence-electron chi connectivity index (χ4n) is 1.85. The molecule has 0 radical (unpaired) electrons. The lowest BCUT2D eigenvalue weighted by atomic mass is 9.92. The molecule has 1 aliphatic rings. The molecular weight excluding hydrogens is 200 g/mol. The number of benzene rings is 1. The van der Waals surface area contributed by atoms with Crippen LogP contribution in [-0.4, -0.2) is 19.8 Å². The van der Waals surface area contributed by atoms with Crippen molar-refractivity contribution in [2.75, 3.05) is 13.7 Å². The molecule has 3 nitrogen and oxygen atoms in total. The molecule has 0 aromatic heterocycles. The molecule has 1 fully saturated rings. The highest BCUT2D eigenvalue weighted by atomic mass is 16.5. The van der Waals surface area contributed by atoms with Crippen molar-refractivity contribution in [3.8, 4) is 6.07 Å². The Morgan fingerprint density at radius 3 is 2.62 bits per heavy atom. The smallest absolute Gasteiger partial charge is 0.156 e. The zero-order valence-electron chi connectivity index (χ0n) is 9.44. The number of nitriles is 1. The Kier molecular flexibility index (Phi) is 3.23. The number of rotatable bonds is 5. The summed E-state index contributed by atoms with van der Waals surface area (Å²) in [7, 11) is 1.63. The topological polar surface area (TPSA) is 45.0 Å². The Morgan fingerprint density at radius 2 is 2.12 bits per heavy atom. The Hall–Kier alpha value is -1.37. The molecule has 1 saturated carbocycles. The number of hydrogen-bond donors (Lipinski definition) is 1. The predicted octanol–water partition coefficient (Wildman–Crippen LogP) is 1.80. The number of hydrogen-bond acceptors (Lipinski definition) is 3. The third-order valence-electron chi connectivity index (χ3n) is 2.85. The Balaban J connectivity index is 2.28. The highest BCUT2D eigenvalue weighted by molar-refractivity contribution is 5.32. The summed E-state index contributed by atoms with van der Waals surface area (Å²) in [4.78, 5) is 0. The van der Waals surface area contributed by atoms with E-state index >= 15 is 0 Å². The summed E-state index contributed by atoms with van der Waals surface area (Å²) in [6.45, 7) is 0.379. The van der Waals surface area contributed by atoms with E-state index in [0.717, 1.165) is 18.4 Å². The fourth-order valence-corrected chi connectivity index (χ4v) is 1.85. The van der Waals surface area contributed by atoms with Gasteiger partial charge in [-0.15, -0.1) is 0 Å². The second-order valence-electron chi connectivity index (χ2n) is 4.23. The monoisotopic (exact) mass is 216 g/mol. The van der Waals surface area contributed by atoms with Crippen molar-refractivity contribution in [2.24, 2.45) is 0 Å². The average molecular weight is 216 g/mol. The molecule has 1 aromatic rings. The van der Waals surface area contributed by atoms with Gasteiger partial charge in [0.2, 0.25) is 0 Å². The zero-order chi connectivity index (χ0) is 11.4. The molecule has 0 amide bonds. The van der Waals surface area contributed by atoms with Gasteiger partial charge in [0.1, 0.15) is 0 Å². The number of ether oxygens (including phenoxy) is 1. The molecule has 2 rings (SSSR count). The number of nitrogens with zero attached hydrogens (tertiary/aromatic N) is 1. The lowest BCUT2D eigenvalue weighted by Crippen LogP contribution is -2.46. The highest BCUT2D eigenvalue weighted by Gasteiger charge is 2.37. The first kappa shape index (κ1) is 11.1. The van der Waals surface area contributed by atoms with Gasteiger partial charge in [-0.3, -0.25) is 5.32 Å². The minimum atomic E-state index is -0.697. The lowest BCUT2D eigenvalue weighted by Gasteiger charge is -2.27. The first-order valence-electron chi connectivity index (χ1n) is 5.54. The van der Waals surface area contributed by atoms with E-state index in [4.69, 9.17) is 4.74 Å². The molecule has 0 heterocycles. The van der Waals surface area contributed by atoms with Crippen LogP contribution in [0.4, 0.5) is 0 Å². The quantitative estimate of drug-likeness (QED) is 0.816. The lowest BCUT2D eigenvalue weighted by molar-refractivity contribution is 0.136. The third kappa shape index (κ3) is 2.24. The second-order valence-corrected chi connectivity index (χ2v) is 4.23. The van der Waals surface area contributed by atoms with Gasteiger partial charge in [0.05, 0.1) is 12.7 Å². The maximum Gasteiger partial charge on any atom is 0.156 e. The number of nitrogens with one attached hydrogen (secondary N) is 1. The van der Waals surface area contributed by atoms with Gasteiger partial charge in [0.25, 0.3) is 0 Å². The molecule has 16 heavy (non-hydrogen) atoms. The van der Waals surface area contributed by atoms with Crippen LogP contribution >= 0.6 is 0 Å². The molecule has 3 heteroatoms. The van der Waals surface area contributed by atoms with Crippen molar-refractivity contribution >= 4 is 0 Å².